The molecule has 1 aliphatic heterocycles. The van der Waals surface area contributed by atoms with Gasteiger partial charge in [0.15, 0.2) is 0 Å². The number of nitrogens with zero attached hydrogens (tertiary/aromatic N) is 2. The first-order chi connectivity index (χ1) is 11.8. The van der Waals surface area contributed by atoms with E-state index in [9.17, 15) is 13.2 Å². The zero-order chi connectivity index (χ0) is 18.4. The van der Waals surface area contributed by atoms with E-state index in [1.807, 2.05) is 32.3 Å². The monoisotopic (exact) mass is 367 g/mol. The van der Waals surface area contributed by atoms with Crippen molar-refractivity contribution in [2.75, 3.05) is 39.5 Å². The molecule has 0 unspecified atom stereocenters. The Kier molecular flexibility index (Phi) is 6.98. The number of carbonyl (C=O) groups excluding carboxylic acids is 1. The number of hydrogen-bond donors (Lipinski definition) is 1. The predicted molar refractivity (Wildman–Crippen MR) is 99.6 cm³/mol. The van der Waals surface area contributed by atoms with Gasteiger partial charge < -0.3 is 10.2 Å². The van der Waals surface area contributed by atoms with Crippen LogP contribution in [0.4, 0.5) is 0 Å². The van der Waals surface area contributed by atoms with Gasteiger partial charge in [-0.25, -0.2) is 12.7 Å². The smallest absolute Gasteiger partial charge is 0.223 e. The molecular formula is C18H29N3O3S. The fraction of sp³-hybridized carbons (Fsp3) is 0.611. The van der Waals surface area contributed by atoms with Gasteiger partial charge in [0.1, 0.15) is 0 Å². The summed E-state index contributed by atoms with van der Waals surface area (Å²) in [6, 6.07) is 10.2. The normalized spacial score (nSPS) is 18.2. The second kappa shape index (κ2) is 8.78. The molecule has 1 saturated heterocycles. The fourth-order valence-electron chi connectivity index (χ4n) is 3.19. The Bertz CT molecular complexity index is 653. The molecule has 25 heavy (non-hydrogen) atoms. The number of likely N-dealkylation sites (N-methyl/N-ethyl adjacent to an activating group) is 1. The Morgan fingerprint density at radius 1 is 1.24 bits per heavy atom. The van der Waals surface area contributed by atoms with Crippen molar-refractivity contribution in [3.8, 4) is 0 Å². The molecule has 1 amide bonds. The molecule has 0 bridgehead atoms. The second-order valence-electron chi connectivity index (χ2n) is 6.71. The molecule has 1 fully saturated rings. The maximum Gasteiger partial charge on any atom is 0.223 e. The van der Waals surface area contributed by atoms with Gasteiger partial charge in [-0.15, -0.1) is 0 Å². The Morgan fingerprint density at radius 3 is 2.36 bits per heavy atom. The lowest BCUT2D eigenvalue weighted by molar-refractivity contribution is -0.126. The van der Waals surface area contributed by atoms with E-state index in [4.69, 9.17) is 0 Å². The first-order valence-electron chi connectivity index (χ1n) is 8.82. The van der Waals surface area contributed by atoms with Gasteiger partial charge in [-0.1, -0.05) is 30.3 Å². The summed E-state index contributed by atoms with van der Waals surface area (Å²) < 4.78 is 25.3. The molecule has 0 aliphatic carbocycles. The van der Waals surface area contributed by atoms with Crippen molar-refractivity contribution in [3.05, 3.63) is 35.9 Å². The highest BCUT2D eigenvalue weighted by molar-refractivity contribution is 7.89. The van der Waals surface area contributed by atoms with Crippen molar-refractivity contribution in [3.63, 3.8) is 0 Å². The third kappa shape index (κ3) is 5.26. The molecule has 1 aromatic rings. The molecule has 1 aliphatic rings. The minimum absolute atomic E-state index is 0.0244. The number of carbonyl (C=O) groups is 1. The summed E-state index contributed by atoms with van der Waals surface area (Å²) in [5.74, 6) is 0.0315. The Labute approximate surface area is 151 Å². The number of rotatable bonds is 7. The van der Waals surface area contributed by atoms with E-state index in [0.717, 1.165) is 5.56 Å². The van der Waals surface area contributed by atoms with E-state index in [-0.39, 0.29) is 23.6 Å². The van der Waals surface area contributed by atoms with E-state index in [2.05, 4.69) is 22.3 Å². The van der Waals surface area contributed by atoms with Crippen LogP contribution >= 0.6 is 0 Å². The summed E-state index contributed by atoms with van der Waals surface area (Å²) in [4.78, 5) is 14.6. The van der Waals surface area contributed by atoms with Gasteiger partial charge in [-0.05, 0) is 39.4 Å². The maximum absolute atomic E-state index is 12.5. The van der Waals surface area contributed by atoms with E-state index in [0.29, 0.717) is 32.5 Å². The van der Waals surface area contributed by atoms with Gasteiger partial charge in [-0.3, -0.25) is 4.79 Å². The first kappa shape index (κ1) is 19.9. The van der Waals surface area contributed by atoms with Crippen molar-refractivity contribution < 1.29 is 13.2 Å². The van der Waals surface area contributed by atoms with Crippen LogP contribution in [-0.4, -0.2) is 63.0 Å². The number of sulfonamides is 1. The lowest BCUT2D eigenvalue weighted by Crippen LogP contribution is -2.44. The molecule has 0 radical (unpaired) electrons. The van der Waals surface area contributed by atoms with Crippen molar-refractivity contribution in [2.24, 2.45) is 5.92 Å². The van der Waals surface area contributed by atoms with Gasteiger partial charge in [0, 0.05) is 25.6 Å². The van der Waals surface area contributed by atoms with E-state index in [1.54, 1.807) is 6.92 Å². The van der Waals surface area contributed by atoms with Crippen LogP contribution in [0.5, 0.6) is 0 Å². The fourth-order valence-corrected chi connectivity index (χ4v) is 4.33. The number of hydrogen-bond acceptors (Lipinski definition) is 4. The summed E-state index contributed by atoms with van der Waals surface area (Å²) in [6.45, 7) is 3.07. The van der Waals surface area contributed by atoms with E-state index in [1.165, 1.54) is 4.31 Å². The highest BCUT2D eigenvalue weighted by atomic mass is 32.2. The topological polar surface area (TPSA) is 69.7 Å². The average Bonchev–Trinajstić information content (AvgIpc) is 2.62. The van der Waals surface area contributed by atoms with Gasteiger partial charge in [0.25, 0.3) is 0 Å². The second-order valence-corrected chi connectivity index (χ2v) is 8.97. The number of piperidine rings is 1. The van der Waals surface area contributed by atoms with Crippen LogP contribution in [0, 0.1) is 5.92 Å². The lowest BCUT2D eigenvalue weighted by atomic mass is 9.97. The minimum atomic E-state index is -3.15. The Hall–Kier alpha value is -1.44. The Morgan fingerprint density at radius 2 is 1.84 bits per heavy atom. The van der Waals surface area contributed by atoms with Gasteiger partial charge in [0.05, 0.1) is 11.8 Å². The summed E-state index contributed by atoms with van der Waals surface area (Å²) in [7, 11) is 0.847. The van der Waals surface area contributed by atoms with Crippen LogP contribution in [0.25, 0.3) is 0 Å². The molecule has 0 aromatic heterocycles. The van der Waals surface area contributed by atoms with Gasteiger partial charge in [-0.2, -0.15) is 0 Å². The summed E-state index contributed by atoms with van der Waals surface area (Å²) in [5, 5.41) is 3.05. The highest BCUT2D eigenvalue weighted by Gasteiger charge is 2.30. The molecule has 140 valence electrons. The highest BCUT2D eigenvalue weighted by Crippen LogP contribution is 2.21. The summed E-state index contributed by atoms with van der Waals surface area (Å²) in [6.07, 6.45) is 1.17. The standard InChI is InChI=1S/C18H29N3O3S/c1-4-25(23,24)21-12-10-16(11-13-21)18(22)19-14-17(20(2)3)15-8-6-5-7-9-15/h5-9,16-17H,4,10-14H2,1-3H3,(H,19,22)/t17-/m0/s1. The van der Waals surface area contributed by atoms with Gasteiger partial charge >= 0.3 is 0 Å². The number of nitrogens with one attached hydrogen (secondary N) is 1. The molecular weight excluding hydrogens is 338 g/mol. The molecule has 7 heteroatoms. The van der Waals surface area contributed by atoms with Crippen LogP contribution in [0.15, 0.2) is 30.3 Å². The zero-order valence-electron chi connectivity index (χ0n) is 15.3. The van der Waals surface area contributed by atoms with Crippen LogP contribution in [0.3, 0.4) is 0 Å². The molecule has 0 saturated carbocycles. The summed E-state index contributed by atoms with van der Waals surface area (Å²) in [5.41, 5.74) is 1.16. The van der Waals surface area contributed by atoms with Crippen molar-refractivity contribution in [1.29, 1.82) is 0 Å². The molecule has 0 spiro atoms. The molecule has 1 heterocycles. The maximum atomic E-state index is 12.5. The minimum Gasteiger partial charge on any atom is -0.354 e. The molecule has 1 N–H and O–H groups in total. The van der Waals surface area contributed by atoms with E-state index >= 15 is 0 Å². The lowest BCUT2D eigenvalue weighted by Gasteiger charge is -2.31. The van der Waals surface area contributed by atoms with Crippen molar-refractivity contribution in [1.82, 2.24) is 14.5 Å². The SMILES string of the molecule is CCS(=O)(=O)N1CCC(C(=O)NC[C@@H](c2ccccc2)N(C)C)CC1. The predicted octanol–water partition coefficient (Wildman–Crippen LogP) is 1.47. The largest absolute Gasteiger partial charge is 0.354 e. The van der Waals surface area contributed by atoms with Crippen LogP contribution in [0.1, 0.15) is 31.4 Å². The molecule has 6 nitrogen and oxygen atoms in total. The van der Waals surface area contributed by atoms with Crippen molar-refractivity contribution in [2.45, 2.75) is 25.8 Å². The first-order valence-corrected chi connectivity index (χ1v) is 10.4. The Balaban J connectivity index is 1.88. The zero-order valence-corrected chi connectivity index (χ0v) is 16.1. The third-order valence-electron chi connectivity index (χ3n) is 4.86. The molecule has 2 rings (SSSR count). The van der Waals surface area contributed by atoms with Crippen LogP contribution in [0.2, 0.25) is 0 Å². The van der Waals surface area contributed by atoms with Crippen molar-refractivity contribution >= 4 is 15.9 Å². The van der Waals surface area contributed by atoms with Crippen LogP contribution in [-0.2, 0) is 14.8 Å². The average molecular weight is 368 g/mol. The quantitative estimate of drug-likeness (QED) is 0.792. The summed E-state index contributed by atoms with van der Waals surface area (Å²) >= 11 is 0. The van der Waals surface area contributed by atoms with E-state index < -0.39 is 10.0 Å². The molecule has 1 atom stereocenters. The molecule has 1 aromatic carbocycles. The third-order valence-corrected chi connectivity index (χ3v) is 6.74. The van der Waals surface area contributed by atoms with Crippen LogP contribution < -0.4 is 5.32 Å². The number of benzene rings is 1. The van der Waals surface area contributed by atoms with Gasteiger partial charge in [0.2, 0.25) is 15.9 Å². The number of amides is 1.